The van der Waals surface area contributed by atoms with Crippen molar-refractivity contribution in [1.29, 1.82) is 0 Å². The molecule has 1 aliphatic heterocycles. The van der Waals surface area contributed by atoms with Crippen molar-refractivity contribution in [3.05, 3.63) is 64.6 Å². The number of amides is 2. The van der Waals surface area contributed by atoms with Crippen molar-refractivity contribution in [2.45, 2.75) is 0 Å². The molecule has 1 heterocycles. The van der Waals surface area contributed by atoms with E-state index in [2.05, 4.69) is 5.32 Å². The first-order valence-electron chi connectivity index (χ1n) is 8.38. The standard InChI is InChI=1S/C20H16N2O5S2/c1-27-13-6-4-5-12(9-13)10-16-18(24)22(20(28)29-16)11-17(23)21-15-8-3-2-7-14(15)19(25)26/h2-10H,11H2,1H3,(H,21,23)(H,25,26)/p-1. The molecule has 0 atom stereocenters. The lowest BCUT2D eigenvalue weighted by Crippen LogP contribution is -2.36. The minimum atomic E-state index is -1.41. The summed E-state index contributed by atoms with van der Waals surface area (Å²) in [7, 11) is 1.55. The maximum atomic E-state index is 12.7. The molecule has 1 saturated heterocycles. The fourth-order valence-corrected chi connectivity index (χ4v) is 3.88. The highest BCUT2D eigenvalue weighted by Gasteiger charge is 2.33. The second-order valence-electron chi connectivity index (χ2n) is 5.93. The van der Waals surface area contributed by atoms with E-state index < -0.39 is 17.8 Å². The van der Waals surface area contributed by atoms with Gasteiger partial charge in [-0.15, -0.1) is 0 Å². The van der Waals surface area contributed by atoms with Crippen LogP contribution in [0.3, 0.4) is 0 Å². The molecule has 0 aromatic heterocycles. The van der Waals surface area contributed by atoms with Gasteiger partial charge in [-0.1, -0.05) is 54.3 Å². The van der Waals surface area contributed by atoms with Gasteiger partial charge in [0, 0.05) is 11.3 Å². The van der Waals surface area contributed by atoms with Gasteiger partial charge in [-0.05, 0) is 29.8 Å². The van der Waals surface area contributed by atoms with Gasteiger partial charge in [0.15, 0.2) is 0 Å². The molecule has 0 unspecified atom stereocenters. The lowest BCUT2D eigenvalue weighted by molar-refractivity contribution is -0.254. The molecule has 0 saturated carbocycles. The Morgan fingerprint density at radius 1 is 1.24 bits per heavy atom. The molecular formula is C20H15N2O5S2-. The zero-order chi connectivity index (χ0) is 21.0. The zero-order valence-corrected chi connectivity index (χ0v) is 16.8. The summed E-state index contributed by atoms with van der Waals surface area (Å²) in [5, 5.41) is 13.6. The maximum absolute atomic E-state index is 12.7. The van der Waals surface area contributed by atoms with Crippen LogP contribution in [0.1, 0.15) is 15.9 Å². The Bertz CT molecular complexity index is 1040. The van der Waals surface area contributed by atoms with Crippen molar-refractivity contribution in [3.8, 4) is 5.75 Å². The number of hydrogen-bond acceptors (Lipinski definition) is 7. The number of aromatic carboxylic acids is 1. The van der Waals surface area contributed by atoms with Crippen LogP contribution in [0.2, 0.25) is 0 Å². The Kier molecular flexibility index (Phi) is 6.30. The monoisotopic (exact) mass is 427 g/mol. The molecule has 29 heavy (non-hydrogen) atoms. The first-order valence-corrected chi connectivity index (χ1v) is 9.61. The fraction of sp³-hybridized carbons (Fsp3) is 0.100. The van der Waals surface area contributed by atoms with E-state index in [0.29, 0.717) is 10.7 Å². The topological polar surface area (TPSA) is 98.8 Å². The number of carboxylic acids is 1. The number of anilines is 1. The highest BCUT2D eigenvalue weighted by atomic mass is 32.2. The van der Waals surface area contributed by atoms with Crippen molar-refractivity contribution < 1.29 is 24.2 Å². The second kappa shape index (κ2) is 8.89. The Balaban J connectivity index is 1.72. The molecule has 1 N–H and O–H groups in total. The lowest BCUT2D eigenvalue weighted by Gasteiger charge is -2.16. The Morgan fingerprint density at radius 2 is 2.00 bits per heavy atom. The van der Waals surface area contributed by atoms with Crippen molar-refractivity contribution in [2.24, 2.45) is 0 Å². The molecule has 9 heteroatoms. The van der Waals surface area contributed by atoms with Crippen LogP contribution in [0.5, 0.6) is 5.75 Å². The molecule has 2 amide bonds. The molecule has 0 spiro atoms. The van der Waals surface area contributed by atoms with Gasteiger partial charge < -0.3 is 20.0 Å². The molecule has 3 rings (SSSR count). The summed E-state index contributed by atoms with van der Waals surface area (Å²) < 4.78 is 5.41. The predicted molar refractivity (Wildman–Crippen MR) is 112 cm³/mol. The normalized spacial score (nSPS) is 14.9. The molecule has 7 nitrogen and oxygen atoms in total. The number of hydrogen-bond donors (Lipinski definition) is 1. The lowest BCUT2D eigenvalue weighted by atomic mass is 10.2. The molecule has 0 aliphatic carbocycles. The Hall–Kier alpha value is -3.17. The van der Waals surface area contributed by atoms with Crippen molar-refractivity contribution in [2.75, 3.05) is 19.0 Å². The molecule has 2 aromatic rings. The van der Waals surface area contributed by atoms with E-state index in [1.54, 1.807) is 37.5 Å². The Labute approximate surface area is 176 Å². The van der Waals surface area contributed by atoms with Gasteiger partial charge in [-0.2, -0.15) is 0 Å². The van der Waals surface area contributed by atoms with E-state index in [-0.39, 0.29) is 22.1 Å². The van der Waals surface area contributed by atoms with E-state index in [1.165, 1.54) is 23.1 Å². The third-order valence-corrected chi connectivity index (χ3v) is 5.37. The van der Waals surface area contributed by atoms with Crippen LogP contribution in [0.25, 0.3) is 6.08 Å². The molecule has 2 aromatic carbocycles. The quantitative estimate of drug-likeness (QED) is 0.555. The first kappa shape index (κ1) is 20.6. The van der Waals surface area contributed by atoms with Crippen LogP contribution >= 0.6 is 24.0 Å². The fourth-order valence-electron chi connectivity index (χ4n) is 2.62. The summed E-state index contributed by atoms with van der Waals surface area (Å²) >= 11 is 6.32. The van der Waals surface area contributed by atoms with Gasteiger partial charge in [-0.3, -0.25) is 14.5 Å². The van der Waals surface area contributed by atoms with Crippen molar-refractivity contribution >= 4 is 57.8 Å². The average Bonchev–Trinajstić information content (AvgIpc) is 2.95. The second-order valence-corrected chi connectivity index (χ2v) is 7.60. The summed E-state index contributed by atoms with van der Waals surface area (Å²) in [6, 6.07) is 13.0. The van der Waals surface area contributed by atoms with Crippen LogP contribution in [0.4, 0.5) is 5.69 Å². The number of carbonyl (C=O) groups is 3. The molecule has 148 valence electrons. The van der Waals surface area contributed by atoms with Crippen LogP contribution in [0.15, 0.2) is 53.4 Å². The van der Waals surface area contributed by atoms with E-state index in [0.717, 1.165) is 17.3 Å². The number of ether oxygens (including phenoxy) is 1. The molecule has 1 fully saturated rings. The highest BCUT2D eigenvalue weighted by molar-refractivity contribution is 8.26. The molecule has 1 aliphatic rings. The van der Waals surface area contributed by atoms with Gasteiger partial charge in [-0.25, -0.2) is 0 Å². The number of nitrogens with zero attached hydrogens (tertiary/aromatic N) is 1. The third-order valence-electron chi connectivity index (χ3n) is 3.99. The SMILES string of the molecule is COc1cccc(C=C2SC(=S)N(CC(=O)Nc3ccccc3C(=O)[O-])C2=O)c1. The van der Waals surface area contributed by atoms with Crippen LogP contribution < -0.4 is 15.2 Å². The molecule has 0 radical (unpaired) electrons. The van der Waals surface area contributed by atoms with Gasteiger partial charge in [0.1, 0.15) is 16.6 Å². The van der Waals surface area contributed by atoms with Crippen molar-refractivity contribution in [1.82, 2.24) is 4.90 Å². The van der Waals surface area contributed by atoms with Gasteiger partial charge in [0.2, 0.25) is 5.91 Å². The number of para-hydroxylation sites is 1. The summed E-state index contributed by atoms with van der Waals surface area (Å²) in [6.45, 7) is -0.332. The number of thioether (sulfide) groups is 1. The van der Waals surface area contributed by atoms with Crippen molar-refractivity contribution in [3.63, 3.8) is 0 Å². The number of carbonyl (C=O) groups excluding carboxylic acids is 3. The largest absolute Gasteiger partial charge is 0.545 e. The summed E-state index contributed by atoms with van der Waals surface area (Å²) in [4.78, 5) is 37.7. The predicted octanol–water partition coefficient (Wildman–Crippen LogP) is 1.90. The number of carboxylic acid groups (broad SMARTS) is 1. The van der Waals surface area contributed by atoms with E-state index in [1.807, 2.05) is 6.07 Å². The van der Waals surface area contributed by atoms with E-state index >= 15 is 0 Å². The van der Waals surface area contributed by atoms with Gasteiger partial charge in [0.25, 0.3) is 5.91 Å². The minimum Gasteiger partial charge on any atom is -0.545 e. The summed E-state index contributed by atoms with van der Waals surface area (Å²) in [5.74, 6) is -1.73. The average molecular weight is 427 g/mol. The highest BCUT2D eigenvalue weighted by Crippen LogP contribution is 2.33. The van der Waals surface area contributed by atoms with Gasteiger partial charge >= 0.3 is 0 Å². The third kappa shape index (κ3) is 4.82. The van der Waals surface area contributed by atoms with Crippen LogP contribution in [0, 0.1) is 0 Å². The van der Waals surface area contributed by atoms with E-state index in [9.17, 15) is 19.5 Å². The molecule has 0 bridgehead atoms. The summed E-state index contributed by atoms with van der Waals surface area (Å²) in [5.41, 5.74) is 0.705. The zero-order valence-electron chi connectivity index (χ0n) is 15.2. The molecular weight excluding hydrogens is 412 g/mol. The minimum absolute atomic E-state index is 0.0925. The smallest absolute Gasteiger partial charge is 0.266 e. The van der Waals surface area contributed by atoms with E-state index in [4.69, 9.17) is 17.0 Å². The maximum Gasteiger partial charge on any atom is 0.266 e. The summed E-state index contributed by atoms with van der Waals surface area (Å²) in [6.07, 6.45) is 1.67. The number of thiocarbonyl (C=S) groups is 1. The number of methoxy groups -OCH3 is 1. The van der Waals surface area contributed by atoms with Crippen LogP contribution in [-0.4, -0.2) is 40.7 Å². The first-order chi connectivity index (χ1) is 13.9. The number of nitrogens with one attached hydrogen (secondary N) is 1. The van der Waals surface area contributed by atoms with Crippen LogP contribution in [-0.2, 0) is 9.59 Å². The Morgan fingerprint density at radius 3 is 2.72 bits per heavy atom. The number of rotatable bonds is 6. The van der Waals surface area contributed by atoms with Gasteiger partial charge in [0.05, 0.1) is 18.0 Å². The number of benzene rings is 2.